The number of carbonyl (C=O) groups excluding carboxylic acids is 1. The van der Waals surface area contributed by atoms with Crippen LogP contribution in [0.1, 0.15) is 0 Å². The Morgan fingerprint density at radius 2 is 1.86 bits per heavy atom. The summed E-state index contributed by atoms with van der Waals surface area (Å²) >= 11 is 0. The second-order valence-electron chi connectivity index (χ2n) is 7.50. The molecular formula is C24H22F3N5O3. The van der Waals surface area contributed by atoms with Crippen molar-refractivity contribution in [2.75, 3.05) is 41.8 Å². The predicted molar refractivity (Wildman–Crippen MR) is 126 cm³/mol. The predicted octanol–water partition coefficient (Wildman–Crippen LogP) is 4.75. The molecule has 2 aromatic carbocycles. The lowest BCUT2D eigenvalue weighted by molar-refractivity contribution is -0.274. The number of alkyl halides is 3. The highest BCUT2D eigenvalue weighted by atomic mass is 19.4. The summed E-state index contributed by atoms with van der Waals surface area (Å²) in [7, 11) is 0. The molecule has 0 aliphatic carbocycles. The number of hydrogen-bond donors (Lipinski definition) is 2. The van der Waals surface area contributed by atoms with Crippen molar-refractivity contribution in [2.45, 2.75) is 6.36 Å². The molecule has 8 nitrogen and oxygen atoms in total. The molecule has 1 aliphatic heterocycles. The van der Waals surface area contributed by atoms with Crippen LogP contribution in [0.25, 0.3) is 11.3 Å². The summed E-state index contributed by atoms with van der Waals surface area (Å²) in [4.78, 5) is 22.1. The fourth-order valence-electron chi connectivity index (χ4n) is 3.51. The highest BCUT2D eigenvalue weighted by Crippen LogP contribution is 2.34. The average Bonchev–Trinajstić information content (AvgIpc) is 2.85. The Bertz CT molecular complexity index is 1210. The number of morpholine rings is 1. The molecule has 1 amide bonds. The number of rotatable bonds is 7. The Balaban J connectivity index is 1.65. The number of carbonyl (C=O) groups is 1. The molecule has 1 aliphatic rings. The first-order chi connectivity index (χ1) is 16.8. The second-order valence-corrected chi connectivity index (χ2v) is 7.50. The van der Waals surface area contributed by atoms with Crippen LogP contribution >= 0.6 is 0 Å². The molecule has 0 atom stereocenters. The van der Waals surface area contributed by atoms with Gasteiger partial charge in [-0.05, 0) is 36.4 Å². The topological polar surface area (TPSA) is 88.6 Å². The molecule has 1 aromatic heterocycles. The van der Waals surface area contributed by atoms with Gasteiger partial charge < -0.3 is 25.0 Å². The number of hydrogen-bond acceptors (Lipinski definition) is 7. The van der Waals surface area contributed by atoms with Gasteiger partial charge in [0.1, 0.15) is 5.69 Å². The number of nitrogens with one attached hydrogen (secondary N) is 2. The van der Waals surface area contributed by atoms with Gasteiger partial charge in [0.2, 0.25) is 11.9 Å². The van der Waals surface area contributed by atoms with E-state index < -0.39 is 18.0 Å². The van der Waals surface area contributed by atoms with Crippen molar-refractivity contribution in [1.29, 1.82) is 0 Å². The van der Waals surface area contributed by atoms with Crippen molar-refractivity contribution in [1.82, 2.24) is 9.97 Å². The van der Waals surface area contributed by atoms with E-state index in [1.807, 2.05) is 18.2 Å². The van der Waals surface area contributed by atoms with Gasteiger partial charge in [-0.1, -0.05) is 24.8 Å². The Hall–Kier alpha value is -4.12. The highest BCUT2D eigenvalue weighted by Gasteiger charge is 2.33. The molecule has 0 spiro atoms. The zero-order valence-electron chi connectivity index (χ0n) is 18.5. The van der Waals surface area contributed by atoms with Crippen LogP contribution in [0.15, 0.2) is 67.4 Å². The van der Waals surface area contributed by atoms with E-state index >= 15 is 0 Å². The lowest BCUT2D eigenvalue weighted by atomic mass is 10.1. The van der Waals surface area contributed by atoms with Crippen molar-refractivity contribution in [3.63, 3.8) is 0 Å². The summed E-state index contributed by atoms with van der Waals surface area (Å²) in [5.41, 5.74) is 2.19. The molecule has 2 N–H and O–H groups in total. The summed E-state index contributed by atoms with van der Waals surface area (Å²) < 4.78 is 48.6. The van der Waals surface area contributed by atoms with Gasteiger partial charge in [0.25, 0.3) is 0 Å². The van der Waals surface area contributed by atoms with Crippen LogP contribution in [0, 0.1) is 0 Å². The van der Waals surface area contributed by atoms with Crippen LogP contribution in [0.4, 0.5) is 36.2 Å². The van der Waals surface area contributed by atoms with Gasteiger partial charge in [-0.25, -0.2) is 9.97 Å². The monoisotopic (exact) mass is 485 g/mol. The van der Waals surface area contributed by atoms with Gasteiger partial charge in [-0.3, -0.25) is 4.79 Å². The van der Waals surface area contributed by atoms with Crippen LogP contribution < -0.4 is 20.3 Å². The van der Waals surface area contributed by atoms with Crippen molar-refractivity contribution in [3.8, 4) is 17.0 Å². The Morgan fingerprint density at radius 3 is 2.60 bits per heavy atom. The van der Waals surface area contributed by atoms with Crippen LogP contribution in [-0.2, 0) is 9.53 Å². The second kappa shape index (κ2) is 10.4. The highest BCUT2D eigenvalue weighted by molar-refractivity contribution is 5.99. The van der Waals surface area contributed by atoms with Crippen molar-refractivity contribution < 1.29 is 27.4 Å². The normalized spacial score (nSPS) is 13.7. The van der Waals surface area contributed by atoms with E-state index in [2.05, 4.69) is 36.8 Å². The third-order valence-electron chi connectivity index (χ3n) is 5.05. The molecule has 4 rings (SSSR count). The first-order valence-corrected chi connectivity index (χ1v) is 10.7. The average molecular weight is 485 g/mol. The number of nitrogens with zero attached hydrogens (tertiary/aromatic N) is 3. The number of ether oxygens (including phenoxy) is 2. The zero-order valence-corrected chi connectivity index (χ0v) is 18.5. The van der Waals surface area contributed by atoms with Crippen molar-refractivity contribution >= 4 is 28.9 Å². The van der Waals surface area contributed by atoms with Gasteiger partial charge in [-0.2, -0.15) is 0 Å². The minimum Gasteiger partial charge on any atom is -0.402 e. The molecule has 2 heterocycles. The molecule has 3 aromatic rings. The largest absolute Gasteiger partial charge is 0.573 e. The number of aromatic nitrogens is 2. The number of halogens is 3. The molecule has 1 fully saturated rings. The van der Waals surface area contributed by atoms with Gasteiger partial charge in [-0.15, -0.1) is 13.2 Å². The quantitative estimate of drug-likeness (QED) is 0.467. The maximum absolute atomic E-state index is 13.0. The van der Waals surface area contributed by atoms with Gasteiger partial charge in [0, 0.05) is 35.7 Å². The first-order valence-electron chi connectivity index (χ1n) is 10.7. The van der Waals surface area contributed by atoms with E-state index in [1.165, 1.54) is 6.07 Å². The van der Waals surface area contributed by atoms with Crippen LogP contribution in [0.5, 0.6) is 5.75 Å². The van der Waals surface area contributed by atoms with E-state index in [0.717, 1.165) is 31.0 Å². The molecule has 0 saturated carbocycles. The Morgan fingerprint density at radius 1 is 1.11 bits per heavy atom. The molecule has 0 unspecified atom stereocenters. The maximum atomic E-state index is 13.0. The fraction of sp³-hybridized carbons (Fsp3) is 0.208. The van der Waals surface area contributed by atoms with Gasteiger partial charge in [0.15, 0.2) is 5.75 Å². The van der Waals surface area contributed by atoms with Crippen molar-refractivity contribution in [3.05, 3.63) is 67.4 Å². The van der Waals surface area contributed by atoms with Crippen LogP contribution in [0.3, 0.4) is 0 Å². The number of amides is 1. The smallest absolute Gasteiger partial charge is 0.402 e. The van der Waals surface area contributed by atoms with Gasteiger partial charge in [0.05, 0.1) is 19.4 Å². The molecule has 0 bridgehead atoms. The molecule has 182 valence electrons. The number of anilines is 4. The Labute approximate surface area is 199 Å². The van der Waals surface area contributed by atoms with Crippen molar-refractivity contribution in [2.24, 2.45) is 0 Å². The van der Waals surface area contributed by atoms with Gasteiger partial charge >= 0.3 is 6.36 Å². The SMILES string of the molecule is C=CC(=O)Nc1cccc(-c2nc(Nc3cccc(N4CCOCC4)c3)ncc2OC(F)(F)F)c1. The summed E-state index contributed by atoms with van der Waals surface area (Å²) in [5.74, 6) is -0.953. The summed E-state index contributed by atoms with van der Waals surface area (Å²) in [6, 6.07) is 13.7. The molecule has 11 heteroatoms. The lowest BCUT2D eigenvalue weighted by Gasteiger charge is -2.29. The van der Waals surface area contributed by atoms with E-state index in [-0.39, 0.29) is 11.6 Å². The lowest BCUT2D eigenvalue weighted by Crippen LogP contribution is -2.36. The van der Waals surface area contributed by atoms with Crippen LogP contribution in [0.2, 0.25) is 0 Å². The molecule has 1 saturated heterocycles. The maximum Gasteiger partial charge on any atom is 0.573 e. The summed E-state index contributed by atoms with van der Waals surface area (Å²) in [6.45, 7) is 6.17. The number of benzene rings is 2. The zero-order chi connectivity index (χ0) is 24.8. The standard InChI is InChI=1S/C24H22F3N5O3/c1-2-21(33)29-17-6-3-5-16(13-17)22-20(35-24(25,26)27)15-28-23(31-22)30-18-7-4-8-19(14-18)32-9-11-34-12-10-32/h2-8,13-15H,1,9-12H2,(H,29,33)(H,28,30,31). The molecule has 0 radical (unpaired) electrons. The third kappa shape index (κ3) is 6.48. The minimum absolute atomic E-state index is 0.0779. The Kier molecular flexibility index (Phi) is 7.16. The minimum atomic E-state index is -4.94. The van der Waals surface area contributed by atoms with E-state index in [0.29, 0.717) is 30.2 Å². The third-order valence-corrected chi connectivity index (χ3v) is 5.05. The molecular weight excluding hydrogens is 463 g/mol. The summed E-state index contributed by atoms with van der Waals surface area (Å²) in [6.07, 6.45) is -2.89. The van der Waals surface area contributed by atoms with E-state index in [4.69, 9.17) is 4.74 Å². The summed E-state index contributed by atoms with van der Waals surface area (Å²) in [5, 5.41) is 5.61. The van der Waals surface area contributed by atoms with Crippen LogP contribution in [-0.4, -0.2) is 48.5 Å². The van der Waals surface area contributed by atoms with E-state index in [9.17, 15) is 18.0 Å². The fourth-order valence-corrected chi connectivity index (χ4v) is 3.51. The molecule has 35 heavy (non-hydrogen) atoms. The first kappa shape index (κ1) is 24.0. The van der Waals surface area contributed by atoms with E-state index in [1.54, 1.807) is 24.3 Å².